The first kappa shape index (κ1) is 24.3. The molecule has 0 bridgehead atoms. The van der Waals surface area contributed by atoms with Crippen LogP contribution in [0.15, 0.2) is 53.9 Å². The highest BCUT2D eigenvalue weighted by molar-refractivity contribution is 7.12. The van der Waals surface area contributed by atoms with Crippen molar-refractivity contribution in [3.8, 4) is 5.75 Å². The van der Waals surface area contributed by atoms with Crippen molar-refractivity contribution in [3.63, 3.8) is 0 Å². The van der Waals surface area contributed by atoms with Gasteiger partial charge in [-0.25, -0.2) is 0 Å². The number of likely N-dealkylation sites (tertiary alicyclic amines) is 1. The van der Waals surface area contributed by atoms with Crippen molar-refractivity contribution in [1.29, 1.82) is 0 Å². The number of methoxy groups -OCH3 is 1. The fourth-order valence-corrected chi connectivity index (χ4v) is 5.82. The summed E-state index contributed by atoms with van der Waals surface area (Å²) < 4.78 is 5.36. The van der Waals surface area contributed by atoms with Crippen LogP contribution in [-0.4, -0.2) is 73.0 Å². The summed E-state index contributed by atoms with van der Waals surface area (Å²) in [6.07, 6.45) is 1.63. The Bertz CT molecular complexity index is 1210. The van der Waals surface area contributed by atoms with E-state index in [0.717, 1.165) is 53.6 Å². The third-order valence-electron chi connectivity index (χ3n) is 7.18. The van der Waals surface area contributed by atoms with Gasteiger partial charge in [-0.15, -0.1) is 11.3 Å². The van der Waals surface area contributed by atoms with Gasteiger partial charge in [-0.05, 0) is 55.5 Å². The molecule has 188 valence electrons. The van der Waals surface area contributed by atoms with Crippen LogP contribution in [0.1, 0.15) is 50.2 Å². The van der Waals surface area contributed by atoms with Gasteiger partial charge in [0.25, 0.3) is 11.8 Å². The summed E-state index contributed by atoms with van der Waals surface area (Å²) >= 11 is 1.48. The van der Waals surface area contributed by atoms with Crippen molar-refractivity contribution in [2.24, 2.45) is 0 Å². The minimum Gasteiger partial charge on any atom is -0.497 e. The van der Waals surface area contributed by atoms with E-state index < -0.39 is 0 Å². The summed E-state index contributed by atoms with van der Waals surface area (Å²) in [5.41, 5.74) is 3.63. The molecule has 2 fully saturated rings. The molecule has 0 radical (unpaired) electrons. The highest BCUT2D eigenvalue weighted by Crippen LogP contribution is 2.31. The van der Waals surface area contributed by atoms with Gasteiger partial charge in [0.05, 0.1) is 23.2 Å². The van der Waals surface area contributed by atoms with Crippen LogP contribution in [0.3, 0.4) is 0 Å². The van der Waals surface area contributed by atoms with Crippen LogP contribution in [0.2, 0.25) is 0 Å². The van der Waals surface area contributed by atoms with Gasteiger partial charge in [0, 0.05) is 62.6 Å². The lowest BCUT2D eigenvalue weighted by atomic mass is 9.89. The Labute approximate surface area is 216 Å². The first-order chi connectivity index (χ1) is 17.5. The smallest absolute Gasteiger partial charge is 0.263 e. The van der Waals surface area contributed by atoms with Crippen LogP contribution in [0.4, 0.5) is 5.69 Å². The molecule has 36 heavy (non-hydrogen) atoms. The number of carbonyl (C=O) groups is 2. The lowest BCUT2D eigenvalue weighted by molar-refractivity contribution is 0.0706. The number of ether oxygens (including phenoxy) is 1. The van der Waals surface area contributed by atoms with Crippen LogP contribution in [0.5, 0.6) is 5.75 Å². The minimum atomic E-state index is 0.0554. The van der Waals surface area contributed by atoms with Gasteiger partial charge in [-0.1, -0.05) is 12.1 Å². The first-order valence-electron chi connectivity index (χ1n) is 12.5. The predicted octanol–water partition coefficient (Wildman–Crippen LogP) is 4.44. The maximum Gasteiger partial charge on any atom is 0.263 e. The van der Waals surface area contributed by atoms with E-state index in [-0.39, 0.29) is 17.7 Å². The minimum absolute atomic E-state index is 0.0554. The molecule has 8 heteroatoms. The van der Waals surface area contributed by atoms with E-state index >= 15 is 0 Å². The maximum absolute atomic E-state index is 13.6. The highest BCUT2D eigenvalue weighted by Gasteiger charge is 2.31. The van der Waals surface area contributed by atoms with E-state index in [1.165, 1.54) is 11.3 Å². The van der Waals surface area contributed by atoms with E-state index in [9.17, 15) is 9.59 Å². The van der Waals surface area contributed by atoms with Gasteiger partial charge in [-0.3, -0.25) is 14.6 Å². The molecule has 2 amide bonds. The second kappa shape index (κ2) is 10.7. The first-order valence-corrected chi connectivity index (χ1v) is 13.4. The third-order valence-corrected chi connectivity index (χ3v) is 8.04. The van der Waals surface area contributed by atoms with E-state index in [2.05, 4.69) is 11.0 Å². The van der Waals surface area contributed by atoms with Crippen molar-refractivity contribution >= 4 is 28.8 Å². The molecular weight excluding hydrogens is 472 g/mol. The normalized spacial score (nSPS) is 16.8. The van der Waals surface area contributed by atoms with E-state index in [1.807, 2.05) is 64.6 Å². The Balaban J connectivity index is 1.25. The number of hydrogen-bond donors (Lipinski definition) is 0. The summed E-state index contributed by atoms with van der Waals surface area (Å²) in [4.78, 5) is 38.2. The number of pyridine rings is 1. The van der Waals surface area contributed by atoms with Gasteiger partial charge in [0.15, 0.2) is 0 Å². The Morgan fingerprint density at radius 2 is 1.67 bits per heavy atom. The quantitative estimate of drug-likeness (QED) is 0.514. The summed E-state index contributed by atoms with van der Waals surface area (Å²) in [7, 11) is 1.67. The molecule has 2 saturated heterocycles. The molecular formula is C28H32N4O3S. The van der Waals surface area contributed by atoms with Gasteiger partial charge in [0.1, 0.15) is 5.75 Å². The SMILES string of the molecule is COc1cccc(N2CCN(C(=O)c3ccc(C)nc3C3CCN(C(=O)c4cccs4)CC3)CC2)c1. The molecule has 2 aliphatic heterocycles. The summed E-state index contributed by atoms with van der Waals surface area (Å²) in [5.74, 6) is 1.17. The third kappa shape index (κ3) is 5.09. The summed E-state index contributed by atoms with van der Waals surface area (Å²) in [6.45, 7) is 6.22. The molecule has 4 heterocycles. The Hall–Kier alpha value is -3.39. The molecule has 0 spiro atoms. The van der Waals surface area contributed by atoms with Crippen molar-refractivity contribution < 1.29 is 14.3 Å². The monoisotopic (exact) mass is 504 g/mol. The fraction of sp³-hybridized carbons (Fsp3) is 0.393. The standard InChI is InChI=1S/C28H32N4O3S/c1-20-8-9-24(26(29-20)21-10-12-31(13-11-21)28(34)25-7-4-18-36-25)27(33)32-16-14-30(15-17-32)22-5-3-6-23(19-22)35-2/h3-9,18-19,21H,10-17H2,1-2H3. The van der Waals surface area contributed by atoms with Crippen molar-refractivity contribution in [3.05, 3.63) is 75.7 Å². The molecule has 2 aliphatic rings. The number of aromatic nitrogens is 1. The molecule has 0 atom stereocenters. The molecule has 0 N–H and O–H groups in total. The molecule has 0 aliphatic carbocycles. The van der Waals surface area contributed by atoms with Crippen LogP contribution in [0, 0.1) is 6.92 Å². The van der Waals surface area contributed by atoms with E-state index in [0.29, 0.717) is 31.7 Å². The lowest BCUT2D eigenvalue weighted by Crippen LogP contribution is -2.49. The number of amides is 2. The topological polar surface area (TPSA) is 66.0 Å². The van der Waals surface area contributed by atoms with E-state index in [1.54, 1.807) is 7.11 Å². The number of thiophene rings is 1. The number of piperidine rings is 1. The average molecular weight is 505 g/mol. The number of anilines is 1. The number of carbonyl (C=O) groups excluding carboxylic acids is 2. The second-order valence-electron chi connectivity index (χ2n) is 9.41. The number of aryl methyl sites for hydroxylation is 1. The zero-order valence-corrected chi connectivity index (χ0v) is 21.7. The van der Waals surface area contributed by atoms with Crippen molar-refractivity contribution in [1.82, 2.24) is 14.8 Å². The highest BCUT2D eigenvalue weighted by atomic mass is 32.1. The average Bonchev–Trinajstić information content (AvgIpc) is 3.48. The van der Waals surface area contributed by atoms with Crippen molar-refractivity contribution in [2.75, 3.05) is 51.3 Å². The van der Waals surface area contributed by atoms with E-state index in [4.69, 9.17) is 9.72 Å². The van der Waals surface area contributed by atoms with Crippen LogP contribution >= 0.6 is 11.3 Å². The molecule has 5 rings (SSSR count). The Kier molecular flexibility index (Phi) is 7.23. The summed E-state index contributed by atoms with van der Waals surface area (Å²) in [6, 6.07) is 15.7. The van der Waals surface area contributed by atoms with Gasteiger partial charge in [-0.2, -0.15) is 0 Å². The largest absolute Gasteiger partial charge is 0.497 e. The number of piperazine rings is 1. The van der Waals surface area contributed by atoms with Crippen LogP contribution in [0.25, 0.3) is 0 Å². The van der Waals surface area contributed by atoms with Crippen LogP contribution < -0.4 is 9.64 Å². The Morgan fingerprint density at radius 3 is 2.36 bits per heavy atom. The zero-order chi connectivity index (χ0) is 25.1. The molecule has 2 aromatic heterocycles. The zero-order valence-electron chi connectivity index (χ0n) is 20.9. The molecule has 0 unspecified atom stereocenters. The molecule has 3 aromatic rings. The summed E-state index contributed by atoms with van der Waals surface area (Å²) in [5, 5.41) is 1.94. The number of nitrogens with zero attached hydrogens (tertiary/aromatic N) is 4. The maximum atomic E-state index is 13.6. The second-order valence-corrected chi connectivity index (χ2v) is 10.4. The molecule has 7 nitrogen and oxygen atoms in total. The number of hydrogen-bond acceptors (Lipinski definition) is 6. The lowest BCUT2D eigenvalue weighted by Gasteiger charge is -2.37. The fourth-order valence-electron chi connectivity index (χ4n) is 5.13. The van der Waals surface area contributed by atoms with Gasteiger partial charge >= 0.3 is 0 Å². The number of benzene rings is 1. The predicted molar refractivity (Wildman–Crippen MR) is 142 cm³/mol. The molecule has 0 saturated carbocycles. The van der Waals surface area contributed by atoms with Crippen LogP contribution in [-0.2, 0) is 0 Å². The molecule has 1 aromatic carbocycles. The number of rotatable bonds is 5. The van der Waals surface area contributed by atoms with Gasteiger partial charge in [0.2, 0.25) is 0 Å². The van der Waals surface area contributed by atoms with Crippen molar-refractivity contribution in [2.45, 2.75) is 25.7 Å². The Morgan fingerprint density at radius 1 is 0.917 bits per heavy atom. The van der Waals surface area contributed by atoms with Gasteiger partial charge < -0.3 is 19.4 Å².